The molecule has 0 spiro atoms. The lowest BCUT2D eigenvalue weighted by Crippen LogP contribution is -2.53. The Labute approximate surface area is 175 Å². The Kier molecular flexibility index (Phi) is 10.5. The van der Waals surface area contributed by atoms with Crippen LogP contribution < -0.4 is 16.0 Å². The van der Waals surface area contributed by atoms with Crippen molar-refractivity contribution in [3.05, 3.63) is 35.9 Å². The highest BCUT2D eigenvalue weighted by atomic mass is 16.5. The van der Waals surface area contributed by atoms with Gasteiger partial charge >= 0.3 is 0 Å². The van der Waals surface area contributed by atoms with E-state index in [2.05, 4.69) is 39.7 Å². The van der Waals surface area contributed by atoms with E-state index in [1.54, 1.807) is 7.05 Å². The van der Waals surface area contributed by atoms with E-state index in [4.69, 9.17) is 4.74 Å². The number of carbonyl (C=O) groups is 1. The summed E-state index contributed by atoms with van der Waals surface area (Å²) in [5.74, 6) is 1.22. The van der Waals surface area contributed by atoms with E-state index in [0.717, 1.165) is 51.3 Å². The minimum Gasteiger partial charge on any atom is -0.379 e. The standard InChI is InChI=1S/C22H37N5O2/c1-4-19(5-2)20(27-11-13-29-14-12-27)16-25-22(23-3)26-17-21(28)24-15-18-9-7-6-8-10-18/h6-10,19-20H,4-5,11-17H2,1-3H3,(H,24,28)(H2,23,25,26). The lowest BCUT2D eigenvalue weighted by Gasteiger charge is -2.39. The van der Waals surface area contributed by atoms with Gasteiger partial charge in [0.15, 0.2) is 5.96 Å². The summed E-state index contributed by atoms with van der Waals surface area (Å²) in [6, 6.07) is 10.3. The van der Waals surface area contributed by atoms with Crippen molar-refractivity contribution in [1.29, 1.82) is 0 Å². The van der Waals surface area contributed by atoms with E-state index < -0.39 is 0 Å². The minimum absolute atomic E-state index is 0.0541. The molecular weight excluding hydrogens is 366 g/mol. The molecule has 1 fully saturated rings. The predicted octanol–water partition coefficient (Wildman–Crippen LogP) is 1.60. The van der Waals surface area contributed by atoms with Crippen LogP contribution in [-0.2, 0) is 16.1 Å². The van der Waals surface area contributed by atoms with Gasteiger partial charge in [-0.2, -0.15) is 0 Å². The topological polar surface area (TPSA) is 78.0 Å². The third-order valence-corrected chi connectivity index (χ3v) is 5.56. The SMILES string of the molecule is CCC(CC)C(CNC(=NC)NCC(=O)NCc1ccccc1)N1CCOCC1. The van der Waals surface area contributed by atoms with Crippen LogP contribution in [0.2, 0.25) is 0 Å². The number of nitrogens with zero attached hydrogens (tertiary/aromatic N) is 2. The van der Waals surface area contributed by atoms with Crippen LogP contribution in [0.1, 0.15) is 32.3 Å². The molecule has 0 aliphatic carbocycles. The first-order valence-electron chi connectivity index (χ1n) is 10.7. The van der Waals surface area contributed by atoms with Gasteiger partial charge in [0.2, 0.25) is 5.91 Å². The first kappa shape index (κ1) is 23.2. The van der Waals surface area contributed by atoms with Gasteiger partial charge in [-0.1, -0.05) is 57.0 Å². The highest BCUT2D eigenvalue weighted by Crippen LogP contribution is 2.19. The van der Waals surface area contributed by atoms with Crippen LogP contribution in [0, 0.1) is 5.92 Å². The van der Waals surface area contributed by atoms with Crippen LogP contribution in [0.5, 0.6) is 0 Å². The van der Waals surface area contributed by atoms with Crippen molar-refractivity contribution >= 4 is 11.9 Å². The number of hydrogen-bond acceptors (Lipinski definition) is 4. The molecule has 1 amide bonds. The van der Waals surface area contributed by atoms with E-state index >= 15 is 0 Å². The summed E-state index contributed by atoms with van der Waals surface area (Å²) >= 11 is 0. The molecule has 0 aromatic heterocycles. The van der Waals surface area contributed by atoms with Gasteiger partial charge in [-0.05, 0) is 11.5 Å². The van der Waals surface area contributed by atoms with Gasteiger partial charge in [0, 0.05) is 39.3 Å². The second-order valence-electron chi connectivity index (χ2n) is 7.36. The fraction of sp³-hybridized carbons (Fsp3) is 0.636. The van der Waals surface area contributed by atoms with E-state index in [9.17, 15) is 4.79 Å². The number of guanidine groups is 1. The quantitative estimate of drug-likeness (QED) is 0.409. The molecule has 7 heteroatoms. The van der Waals surface area contributed by atoms with Gasteiger partial charge < -0.3 is 20.7 Å². The number of aliphatic imine (C=N–C) groups is 1. The van der Waals surface area contributed by atoms with Crippen LogP contribution in [0.25, 0.3) is 0 Å². The molecular formula is C22H37N5O2. The normalized spacial score (nSPS) is 16.5. The van der Waals surface area contributed by atoms with E-state index in [1.165, 1.54) is 0 Å². The maximum atomic E-state index is 12.1. The molecule has 1 aromatic rings. The highest BCUT2D eigenvalue weighted by Gasteiger charge is 2.27. The van der Waals surface area contributed by atoms with Crippen molar-refractivity contribution in [2.24, 2.45) is 10.9 Å². The minimum atomic E-state index is -0.0541. The van der Waals surface area contributed by atoms with Crippen LogP contribution >= 0.6 is 0 Å². The molecule has 3 N–H and O–H groups in total. The molecule has 1 atom stereocenters. The third-order valence-electron chi connectivity index (χ3n) is 5.56. The maximum Gasteiger partial charge on any atom is 0.239 e. The molecule has 1 aliphatic heterocycles. The van der Waals surface area contributed by atoms with Gasteiger partial charge in [0.25, 0.3) is 0 Å². The molecule has 1 unspecified atom stereocenters. The Bertz CT molecular complexity index is 613. The van der Waals surface area contributed by atoms with E-state index in [1.807, 2.05) is 30.3 Å². The molecule has 29 heavy (non-hydrogen) atoms. The summed E-state index contributed by atoms with van der Waals surface area (Å²) in [7, 11) is 1.73. The average molecular weight is 404 g/mol. The zero-order chi connectivity index (χ0) is 20.9. The Hall–Kier alpha value is -2.12. The Morgan fingerprint density at radius 1 is 1.10 bits per heavy atom. The number of amides is 1. The van der Waals surface area contributed by atoms with Gasteiger partial charge in [0.1, 0.15) is 0 Å². The van der Waals surface area contributed by atoms with Crippen molar-refractivity contribution in [2.45, 2.75) is 39.3 Å². The number of nitrogens with one attached hydrogen (secondary N) is 3. The summed E-state index contributed by atoms with van der Waals surface area (Å²) in [6.07, 6.45) is 2.29. The molecule has 1 aromatic carbocycles. The lowest BCUT2D eigenvalue weighted by atomic mass is 9.92. The number of ether oxygens (including phenoxy) is 1. The van der Waals surface area contributed by atoms with Crippen LogP contribution in [0.4, 0.5) is 0 Å². The number of hydrogen-bond donors (Lipinski definition) is 3. The van der Waals surface area contributed by atoms with Gasteiger partial charge in [-0.15, -0.1) is 0 Å². The van der Waals surface area contributed by atoms with Crippen molar-refractivity contribution in [3.63, 3.8) is 0 Å². The molecule has 0 saturated carbocycles. The molecule has 7 nitrogen and oxygen atoms in total. The van der Waals surface area contributed by atoms with Crippen LogP contribution in [-0.4, -0.2) is 69.2 Å². The summed E-state index contributed by atoms with van der Waals surface area (Å²) in [6.45, 7) is 9.57. The maximum absolute atomic E-state index is 12.1. The smallest absolute Gasteiger partial charge is 0.239 e. The summed E-state index contributed by atoms with van der Waals surface area (Å²) < 4.78 is 5.52. The largest absolute Gasteiger partial charge is 0.379 e. The summed E-state index contributed by atoms with van der Waals surface area (Å²) in [4.78, 5) is 18.9. The second kappa shape index (κ2) is 13.2. The third kappa shape index (κ3) is 8.03. The molecule has 1 saturated heterocycles. The number of morpholine rings is 1. The van der Waals surface area contributed by atoms with Gasteiger partial charge in [-0.3, -0.25) is 14.7 Å². The van der Waals surface area contributed by atoms with Crippen LogP contribution in [0.15, 0.2) is 35.3 Å². The Morgan fingerprint density at radius 3 is 2.41 bits per heavy atom. The molecule has 0 bridgehead atoms. The van der Waals surface area contributed by atoms with Crippen molar-refractivity contribution in [3.8, 4) is 0 Å². The zero-order valence-electron chi connectivity index (χ0n) is 18.1. The Morgan fingerprint density at radius 2 is 1.79 bits per heavy atom. The monoisotopic (exact) mass is 403 g/mol. The van der Waals surface area contributed by atoms with Crippen molar-refractivity contribution < 1.29 is 9.53 Å². The zero-order valence-corrected chi connectivity index (χ0v) is 18.1. The molecule has 162 valence electrons. The first-order valence-corrected chi connectivity index (χ1v) is 10.7. The predicted molar refractivity (Wildman–Crippen MR) is 118 cm³/mol. The van der Waals surface area contributed by atoms with E-state index in [-0.39, 0.29) is 12.5 Å². The fourth-order valence-electron chi connectivity index (χ4n) is 3.78. The number of rotatable bonds is 10. The molecule has 1 heterocycles. The molecule has 2 rings (SSSR count). The number of carbonyl (C=O) groups excluding carboxylic acids is 1. The summed E-state index contributed by atoms with van der Waals surface area (Å²) in [5.41, 5.74) is 1.09. The van der Waals surface area contributed by atoms with E-state index in [0.29, 0.717) is 24.5 Å². The van der Waals surface area contributed by atoms with Crippen LogP contribution in [0.3, 0.4) is 0 Å². The van der Waals surface area contributed by atoms with Gasteiger partial charge in [0.05, 0.1) is 19.8 Å². The highest BCUT2D eigenvalue weighted by molar-refractivity contribution is 5.86. The summed E-state index contributed by atoms with van der Waals surface area (Å²) in [5, 5.41) is 9.47. The molecule has 0 radical (unpaired) electrons. The Balaban J connectivity index is 1.79. The lowest BCUT2D eigenvalue weighted by molar-refractivity contribution is -0.120. The van der Waals surface area contributed by atoms with Crippen molar-refractivity contribution in [2.75, 3.05) is 46.4 Å². The first-order chi connectivity index (χ1) is 14.2. The molecule has 1 aliphatic rings. The fourth-order valence-corrected chi connectivity index (χ4v) is 3.78. The van der Waals surface area contributed by atoms with Gasteiger partial charge in [-0.25, -0.2) is 0 Å². The second-order valence-corrected chi connectivity index (χ2v) is 7.36. The number of benzene rings is 1. The average Bonchev–Trinajstić information content (AvgIpc) is 2.78. The van der Waals surface area contributed by atoms with Crippen molar-refractivity contribution in [1.82, 2.24) is 20.9 Å².